The Morgan fingerprint density at radius 3 is 2.50 bits per heavy atom. The quantitative estimate of drug-likeness (QED) is 0.813. The van der Waals surface area contributed by atoms with Crippen LogP contribution in [0, 0.1) is 6.92 Å². The molecule has 0 aromatic heterocycles. The maximum Gasteiger partial charge on any atom is 0.119 e. The minimum absolute atomic E-state index is 0.296. The van der Waals surface area contributed by atoms with Crippen molar-refractivity contribution in [3.8, 4) is 5.75 Å². The van der Waals surface area contributed by atoms with E-state index in [2.05, 4.69) is 24.4 Å². The number of ether oxygens (including phenoxy) is 1. The molecule has 0 bridgehead atoms. The monoisotopic (exact) mass is 271 g/mol. The zero-order valence-corrected chi connectivity index (χ0v) is 11.8. The van der Waals surface area contributed by atoms with E-state index in [1.807, 2.05) is 42.5 Å². The number of aliphatic hydroxyl groups excluding tert-OH is 1. The second-order valence-corrected chi connectivity index (χ2v) is 4.84. The second kappa shape index (κ2) is 7.68. The van der Waals surface area contributed by atoms with Crippen LogP contribution in [0.5, 0.6) is 5.75 Å². The Morgan fingerprint density at radius 2 is 1.75 bits per heavy atom. The third-order valence-electron chi connectivity index (χ3n) is 3.14. The van der Waals surface area contributed by atoms with Gasteiger partial charge in [0.15, 0.2) is 0 Å². The largest absolute Gasteiger partial charge is 0.491 e. The molecule has 0 aliphatic heterocycles. The second-order valence-electron chi connectivity index (χ2n) is 4.84. The number of hydrogen-bond donors (Lipinski definition) is 2. The molecule has 2 N–H and O–H groups in total. The number of aliphatic hydroxyl groups is 1. The van der Waals surface area contributed by atoms with Gasteiger partial charge < -0.3 is 15.2 Å². The minimum Gasteiger partial charge on any atom is -0.491 e. The number of rotatable bonds is 7. The van der Waals surface area contributed by atoms with Gasteiger partial charge in [-0.3, -0.25) is 0 Å². The van der Waals surface area contributed by atoms with Crippen molar-refractivity contribution in [2.75, 3.05) is 13.2 Å². The fourth-order valence-corrected chi connectivity index (χ4v) is 1.95. The van der Waals surface area contributed by atoms with E-state index in [1.54, 1.807) is 0 Å². The van der Waals surface area contributed by atoms with Crippen LogP contribution in [0.4, 0.5) is 0 Å². The van der Waals surface area contributed by atoms with Crippen molar-refractivity contribution in [1.82, 2.24) is 5.32 Å². The van der Waals surface area contributed by atoms with Gasteiger partial charge in [-0.25, -0.2) is 0 Å². The fraction of sp³-hybridized carbons (Fsp3) is 0.294. The highest BCUT2D eigenvalue weighted by atomic mass is 16.5. The van der Waals surface area contributed by atoms with E-state index in [4.69, 9.17) is 4.74 Å². The van der Waals surface area contributed by atoms with Crippen molar-refractivity contribution in [2.24, 2.45) is 0 Å². The van der Waals surface area contributed by atoms with Gasteiger partial charge in [-0.05, 0) is 30.2 Å². The number of nitrogens with one attached hydrogen (secondary N) is 1. The normalized spacial score (nSPS) is 12.1. The summed E-state index contributed by atoms with van der Waals surface area (Å²) in [6, 6.07) is 17.8. The molecule has 3 heteroatoms. The number of hydrogen-bond acceptors (Lipinski definition) is 3. The Bertz CT molecular complexity index is 513. The molecule has 2 rings (SSSR count). The molecule has 106 valence electrons. The first-order valence-electron chi connectivity index (χ1n) is 6.87. The first-order valence-corrected chi connectivity index (χ1v) is 6.87. The summed E-state index contributed by atoms with van der Waals surface area (Å²) in [6.45, 7) is 3.66. The number of para-hydroxylation sites is 1. The predicted molar refractivity (Wildman–Crippen MR) is 80.8 cm³/mol. The molecule has 0 fully saturated rings. The highest BCUT2D eigenvalue weighted by Crippen LogP contribution is 2.09. The molecular weight excluding hydrogens is 250 g/mol. The molecule has 0 aliphatic carbocycles. The molecule has 0 spiro atoms. The van der Waals surface area contributed by atoms with Gasteiger partial charge in [0.1, 0.15) is 18.5 Å². The number of benzene rings is 2. The Hall–Kier alpha value is -1.84. The lowest BCUT2D eigenvalue weighted by Crippen LogP contribution is -2.31. The highest BCUT2D eigenvalue weighted by Gasteiger charge is 2.05. The Morgan fingerprint density at radius 1 is 1.05 bits per heavy atom. The van der Waals surface area contributed by atoms with Crippen LogP contribution in [0.3, 0.4) is 0 Å². The lowest BCUT2D eigenvalue weighted by molar-refractivity contribution is 0.106. The van der Waals surface area contributed by atoms with E-state index in [-0.39, 0.29) is 0 Å². The maximum atomic E-state index is 9.87. The van der Waals surface area contributed by atoms with Gasteiger partial charge in [0.05, 0.1) is 0 Å². The van der Waals surface area contributed by atoms with Crippen LogP contribution in [0.25, 0.3) is 0 Å². The topological polar surface area (TPSA) is 41.5 Å². The van der Waals surface area contributed by atoms with E-state index >= 15 is 0 Å². The van der Waals surface area contributed by atoms with Gasteiger partial charge in [0.2, 0.25) is 0 Å². The molecule has 1 unspecified atom stereocenters. The molecule has 1 atom stereocenters. The van der Waals surface area contributed by atoms with E-state index in [1.165, 1.54) is 11.1 Å². The standard InChI is InChI=1S/C17H21NO2/c1-14-7-5-6-8-15(14)11-18-12-16(19)13-20-17-9-3-2-4-10-17/h2-10,16,18-19H,11-13H2,1H3. The van der Waals surface area contributed by atoms with Crippen LogP contribution < -0.4 is 10.1 Å². The predicted octanol–water partition coefficient (Wildman–Crippen LogP) is 2.52. The van der Waals surface area contributed by atoms with Crippen LogP contribution in [-0.2, 0) is 6.54 Å². The molecule has 0 saturated carbocycles. The van der Waals surface area contributed by atoms with Gasteiger partial charge in [-0.2, -0.15) is 0 Å². The zero-order valence-electron chi connectivity index (χ0n) is 11.8. The Balaban J connectivity index is 1.68. The third-order valence-corrected chi connectivity index (χ3v) is 3.14. The van der Waals surface area contributed by atoms with E-state index in [9.17, 15) is 5.11 Å². The molecule has 0 amide bonds. The smallest absolute Gasteiger partial charge is 0.119 e. The van der Waals surface area contributed by atoms with Crippen LogP contribution in [-0.4, -0.2) is 24.4 Å². The molecule has 0 aliphatic rings. The van der Waals surface area contributed by atoms with Gasteiger partial charge in [0, 0.05) is 13.1 Å². The summed E-state index contributed by atoms with van der Waals surface area (Å²) in [5.74, 6) is 0.783. The summed E-state index contributed by atoms with van der Waals surface area (Å²) in [5, 5.41) is 13.1. The lowest BCUT2D eigenvalue weighted by Gasteiger charge is -2.14. The van der Waals surface area contributed by atoms with Crippen LogP contribution in [0.15, 0.2) is 54.6 Å². The molecule has 20 heavy (non-hydrogen) atoms. The molecule has 0 radical (unpaired) electrons. The highest BCUT2D eigenvalue weighted by molar-refractivity contribution is 5.25. The Kier molecular flexibility index (Phi) is 5.59. The molecular formula is C17H21NO2. The maximum absolute atomic E-state index is 9.87. The van der Waals surface area contributed by atoms with E-state index < -0.39 is 6.10 Å². The van der Waals surface area contributed by atoms with Crippen LogP contribution >= 0.6 is 0 Å². The number of aryl methyl sites for hydroxylation is 1. The SMILES string of the molecule is Cc1ccccc1CNCC(O)COc1ccccc1. The van der Waals surface area contributed by atoms with Crippen LogP contribution in [0.2, 0.25) is 0 Å². The summed E-state index contributed by atoms with van der Waals surface area (Å²) in [4.78, 5) is 0. The van der Waals surface area contributed by atoms with E-state index in [0.29, 0.717) is 13.2 Å². The molecule has 3 nitrogen and oxygen atoms in total. The fourth-order valence-electron chi connectivity index (χ4n) is 1.95. The Labute approximate surface area is 120 Å². The first-order chi connectivity index (χ1) is 9.75. The summed E-state index contributed by atoms with van der Waals surface area (Å²) in [7, 11) is 0. The summed E-state index contributed by atoms with van der Waals surface area (Å²) >= 11 is 0. The zero-order chi connectivity index (χ0) is 14.2. The lowest BCUT2D eigenvalue weighted by atomic mass is 10.1. The molecule has 0 saturated heterocycles. The van der Waals surface area contributed by atoms with Crippen molar-refractivity contribution in [2.45, 2.75) is 19.6 Å². The average Bonchev–Trinajstić information content (AvgIpc) is 2.48. The van der Waals surface area contributed by atoms with Gasteiger partial charge >= 0.3 is 0 Å². The average molecular weight is 271 g/mol. The molecule has 0 heterocycles. The summed E-state index contributed by atoms with van der Waals surface area (Å²) < 4.78 is 5.50. The van der Waals surface area contributed by atoms with Crippen molar-refractivity contribution >= 4 is 0 Å². The van der Waals surface area contributed by atoms with E-state index in [0.717, 1.165) is 12.3 Å². The molecule has 2 aromatic carbocycles. The van der Waals surface area contributed by atoms with Gasteiger partial charge in [0.25, 0.3) is 0 Å². The van der Waals surface area contributed by atoms with Crippen molar-refractivity contribution in [1.29, 1.82) is 0 Å². The van der Waals surface area contributed by atoms with Crippen molar-refractivity contribution < 1.29 is 9.84 Å². The van der Waals surface area contributed by atoms with Gasteiger partial charge in [-0.1, -0.05) is 42.5 Å². The van der Waals surface area contributed by atoms with Crippen LogP contribution in [0.1, 0.15) is 11.1 Å². The van der Waals surface area contributed by atoms with Crippen molar-refractivity contribution in [3.05, 3.63) is 65.7 Å². The van der Waals surface area contributed by atoms with Crippen molar-refractivity contribution in [3.63, 3.8) is 0 Å². The minimum atomic E-state index is -0.515. The third kappa shape index (κ3) is 4.68. The molecule has 2 aromatic rings. The summed E-state index contributed by atoms with van der Waals surface area (Å²) in [5.41, 5.74) is 2.51. The summed E-state index contributed by atoms with van der Waals surface area (Å²) in [6.07, 6.45) is -0.515. The van der Waals surface area contributed by atoms with Gasteiger partial charge in [-0.15, -0.1) is 0 Å². The first kappa shape index (κ1) is 14.6.